The lowest BCUT2D eigenvalue weighted by atomic mass is 10.0. The van der Waals surface area contributed by atoms with Crippen LogP contribution in [0, 0.1) is 6.92 Å². The predicted molar refractivity (Wildman–Crippen MR) is 119 cm³/mol. The molecule has 0 radical (unpaired) electrons. The van der Waals surface area contributed by atoms with Crippen molar-refractivity contribution in [1.82, 2.24) is 4.98 Å². The summed E-state index contributed by atoms with van der Waals surface area (Å²) in [5, 5.41) is 2.60. The van der Waals surface area contributed by atoms with Crippen molar-refractivity contribution in [3.8, 4) is 5.75 Å². The molecule has 1 aliphatic rings. The lowest BCUT2D eigenvalue weighted by molar-refractivity contribution is -0.147. The van der Waals surface area contributed by atoms with Gasteiger partial charge in [-0.1, -0.05) is 35.9 Å². The number of para-hydroxylation sites is 1. The van der Waals surface area contributed by atoms with E-state index in [9.17, 15) is 9.59 Å². The van der Waals surface area contributed by atoms with Crippen LogP contribution in [0.15, 0.2) is 53.9 Å². The highest BCUT2D eigenvalue weighted by molar-refractivity contribution is 7.09. The summed E-state index contributed by atoms with van der Waals surface area (Å²) in [7, 11) is 0. The predicted octanol–water partition coefficient (Wildman–Crippen LogP) is 4.10. The van der Waals surface area contributed by atoms with Gasteiger partial charge in [0.05, 0.1) is 12.1 Å². The first-order chi connectivity index (χ1) is 15.1. The Morgan fingerprint density at radius 1 is 1.13 bits per heavy atom. The van der Waals surface area contributed by atoms with Crippen molar-refractivity contribution >= 4 is 28.9 Å². The molecule has 6 nitrogen and oxygen atoms in total. The molecule has 1 aromatic heterocycles. The van der Waals surface area contributed by atoms with Gasteiger partial charge in [-0.3, -0.25) is 9.59 Å². The topological polar surface area (TPSA) is 68.7 Å². The molecule has 0 saturated heterocycles. The molecule has 2 heterocycles. The number of thiazole rings is 1. The van der Waals surface area contributed by atoms with E-state index in [4.69, 9.17) is 9.47 Å². The molecule has 3 aromatic rings. The minimum absolute atomic E-state index is 0.0326. The molecule has 0 N–H and O–H groups in total. The summed E-state index contributed by atoms with van der Waals surface area (Å²) in [4.78, 5) is 30.9. The normalized spacial score (nSPS) is 12.9. The maximum atomic E-state index is 12.6. The lowest BCUT2D eigenvalue weighted by Crippen LogP contribution is -2.38. The molecule has 1 aliphatic heterocycles. The second-order valence-electron chi connectivity index (χ2n) is 7.45. The van der Waals surface area contributed by atoms with Crippen LogP contribution >= 0.6 is 11.3 Å². The first-order valence-corrected chi connectivity index (χ1v) is 11.1. The number of rotatable bonds is 7. The fraction of sp³-hybridized carbons (Fsp3) is 0.292. The number of carbonyl (C=O) groups is 2. The highest BCUT2D eigenvalue weighted by Gasteiger charge is 2.23. The minimum Gasteiger partial charge on any atom is -0.486 e. The number of fused-ring (bicyclic) bond motifs is 1. The Bertz CT molecular complexity index is 1060. The number of aryl methyl sites for hydroxylation is 2. The van der Waals surface area contributed by atoms with Gasteiger partial charge in [-0.05, 0) is 43.5 Å². The Morgan fingerprint density at radius 3 is 2.77 bits per heavy atom. The number of hydrogen-bond acceptors (Lipinski definition) is 6. The van der Waals surface area contributed by atoms with Crippen LogP contribution in [0.4, 0.5) is 5.69 Å². The maximum Gasteiger partial charge on any atom is 0.312 e. The fourth-order valence-electron chi connectivity index (χ4n) is 3.49. The van der Waals surface area contributed by atoms with E-state index in [1.54, 1.807) is 4.90 Å². The third kappa shape index (κ3) is 5.49. The van der Waals surface area contributed by atoms with Gasteiger partial charge in [0, 0.05) is 17.6 Å². The van der Waals surface area contributed by atoms with E-state index >= 15 is 0 Å². The Balaban J connectivity index is 1.25. The first kappa shape index (κ1) is 21.1. The fourth-order valence-corrected chi connectivity index (χ4v) is 4.19. The van der Waals surface area contributed by atoms with E-state index in [-0.39, 0.29) is 18.9 Å². The molecule has 31 heavy (non-hydrogen) atoms. The van der Waals surface area contributed by atoms with Gasteiger partial charge in [0.25, 0.3) is 5.91 Å². The van der Waals surface area contributed by atoms with Crippen LogP contribution in [0.3, 0.4) is 0 Å². The Hall–Kier alpha value is -3.19. The van der Waals surface area contributed by atoms with Gasteiger partial charge in [0.2, 0.25) is 0 Å². The molecular formula is C24H24N2O4S. The summed E-state index contributed by atoms with van der Waals surface area (Å²) in [6.45, 7) is 2.75. The van der Waals surface area contributed by atoms with Crippen LogP contribution in [0.2, 0.25) is 0 Å². The molecule has 0 atom stereocenters. The Kier molecular flexibility index (Phi) is 6.62. The molecule has 2 aromatic carbocycles. The first-order valence-electron chi connectivity index (χ1n) is 10.2. The number of hydrogen-bond donors (Lipinski definition) is 0. The van der Waals surface area contributed by atoms with Crippen molar-refractivity contribution in [3.05, 3.63) is 75.7 Å². The summed E-state index contributed by atoms with van der Waals surface area (Å²) in [6, 6.07) is 15.7. The molecule has 7 heteroatoms. The average molecular weight is 437 g/mol. The van der Waals surface area contributed by atoms with Gasteiger partial charge in [0.1, 0.15) is 17.4 Å². The highest BCUT2D eigenvalue weighted by atomic mass is 32.1. The summed E-state index contributed by atoms with van der Waals surface area (Å²) in [6.07, 6.45) is 1.90. The summed E-state index contributed by atoms with van der Waals surface area (Å²) >= 11 is 1.43. The SMILES string of the molecule is Cc1ccc(OCc2nc(CC(=O)OCC(=O)N3CCCc4ccccc43)cs2)cc1. The van der Waals surface area contributed by atoms with E-state index in [0.29, 0.717) is 18.8 Å². The summed E-state index contributed by atoms with van der Waals surface area (Å²) < 4.78 is 11.0. The molecule has 0 fully saturated rings. The second-order valence-corrected chi connectivity index (χ2v) is 8.39. The average Bonchev–Trinajstić information content (AvgIpc) is 3.24. The number of nitrogens with zero attached hydrogens (tertiary/aromatic N) is 2. The molecule has 0 unspecified atom stereocenters. The van der Waals surface area contributed by atoms with Crippen molar-refractivity contribution < 1.29 is 19.1 Å². The van der Waals surface area contributed by atoms with Crippen LogP contribution in [0.1, 0.15) is 28.2 Å². The standard InChI is InChI=1S/C24H24N2O4S/c1-17-8-10-20(11-9-17)29-14-22-25-19(16-31-22)13-24(28)30-15-23(27)26-12-4-6-18-5-2-3-7-21(18)26/h2-3,5,7-11,16H,4,6,12-15H2,1H3. The highest BCUT2D eigenvalue weighted by Crippen LogP contribution is 2.26. The van der Waals surface area contributed by atoms with Gasteiger partial charge >= 0.3 is 5.97 Å². The number of anilines is 1. The zero-order chi connectivity index (χ0) is 21.6. The lowest BCUT2D eigenvalue weighted by Gasteiger charge is -2.29. The molecular weight excluding hydrogens is 412 g/mol. The summed E-state index contributed by atoms with van der Waals surface area (Å²) in [5.74, 6) is 0.112. The van der Waals surface area contributed by atoms with Gasteiger partial charge in [-0.2, -0.15) is 0 Å². The quantitative estimate of drug-likeness (QED) is 0.522. The largest absolute Gasteiger partial charge is 0.486 e. The van der Waals surface area contributed by atoms with Crippen molar-refractivity contribution in [1.29, 1.82) is 0 Å². The van der Waals surface area contributed by atoms with E-state index in [0.717, 1.165) is 34.8 Å². The Morgan fingerprint density at radius 2 is 1.94 bits per heavy atom. The monoisotopic (exact) mass is 436 g/mol. The van der Waals surface area contributed by atoms with Gasteiger partial charge in [-0.15, -0.1) is 11.3 Å². The third-order valence-corrected chi connectivity index (χ3v) is 5.95. The number of esters is 1. The molecule has 160 valence electrons. The smallest absolute Gasteiger partial charge is 0.312 e. The van der Waals surface area contributed by atoms with Gasteiger partial charge < -0.3 is 14.4 Å². The van der Waals surface area contributed by atoms with Gasteiger partial charge in [-0.25, -0.2) is 4.98 Å². The van der Waals surface area contributed by atoms with Crippen LogP contribution in [0.5, 0.6) is 5.75 Å². The second kappa shape index (κ2) is 9.75. The molecule has 4 rings (SSSR count). The van der Waals surface area contributed by atoms with Crippen molar-refractivity contribution in [2.45, 2.75) is 32.8 Å². The maximum absolute atomic E-state index is 12.6. The zero-order valence-corrected chi connectivity index (χ0v) is 18.2. The zero-order valence-electron chi connectivity index (χ0n) is 17.4. The van der Waals surface area contributed by atoms with Gasteiger partial charge in [0.15, 0.2) is 6.61 Å². The van der Waals surface area contributed by atoms with Crippen molar-refractivity contribution in [2.24, 2.45) is 0 Å². The number of carbonyl (C=O) groups excluding carboxylic acids is 2. The Labute approximate surface area is 185 Å². The number of amides is 1. The van der Waals surface area contributed by atoms with Crippen molar-refractivity contribution in [2.75, 3.05) is 18.1 Å². The molecule has 0 spiro atoms. The van der Waals surface area contributed by atoms with Crippen LogP contribution in [-0.4, -0.2) is 30.0 Å². The molecule has 0 aliphatic carbocycles. The number of ether oxygens (including phenoxy) is 2. The van der Waals surface area contributed by atoms with Crippen LogP contribution in [-0.2, 0) is 33.8 Å². The van der Waals surface area contributed by atoms with E-state index in [1.807, 2.05) is 60.8 Å². The molecule has 0 saturated carbocycles. The third-order valence-electron chi connectivity index (χ3n) is 5.08. The minimum atomic E-state index is -0.463. The molecule has 1 amide bonds. The molecule has 0 bridgehead atoms. The van der Waals surface area contributed by atoms with E-state index in [2.05, 4.69) is 4.98 Å². The van der Waals surface area contributed by atoms with Crippen LogP contribution < -0.4 is 9.64 Å². The van der Waals surface area contributed by atoms with E-state index < -0.39 is 5.97 Å². The number of benzene rings is 2. The van der Waals surface area contributed by atoms with Crippen molar-refractivity contribution in [3.63, 3.8) is 0 Å². The van der Waals surface area contributed by atoms with Crippen LogP contribution in [0.25, 0.3) is 0 Å². The summed E-state index contributed by atoms with van der Waals surface area (Å²) in [5.41, 5.74) is 3.85. The number of aromatic nitrogens is 1. The van der Waals surface area contributed by atoms with E-state index in [1.165, 1.54) is 16.9 Å².